The molecule has 1 aliphatic rings. The highest BCUT2D eigenvalue weighted by Crippen LogP contribution is 2.31. The lowest BCUT2D eigenvalue weighted by Crippen LogP contribution is -2.34. The van der Waals surface area contributed by atoms with Crippen LogP contribution in [0.2, 0.25) is 5.02 Å². The van der Waals surface area contributed by atoms with Crippen molar-refractivity contribution in [3.8, 4) is 0 Å². The number of halogens is 1. The largest absolute Gasteiger partial charge is 0.478 e. The standard InChI is InChI=1S/C14H18ClNO2/c1-2-16(11-5-3-4-6-11)13-8-7-10(15)9-12(13)14(17)18/h7-9,11H,2-6H2,1H3,(H,17,18). The maximum atomic E-state index is 11.3. The summed E-state index contributed by atoms with van der Waals surface area (Å²) in [5.74, 6) is -0.913. The van der Waals surface area contributed by atoms with Gasteiger partial charge in [0, 0.05) is 17.6 Å². The number of aromatic carboxylic acids is 1. The number of benzene rings is 1. The number of nitrogens with zero attached hydrogens (tertiary/aromatic N) is 1. The zero-order chi connectivity index (χ0) is 13.1. The number of hydrogen-bond donors (Lipinski definition) is 1. The van der Waals surface area contributed by atoms with Gasteiger partial charge in [-0.2, -0.15) is 0 Å². The Balaban J connectivity index is 2.37. The summed E-state index contributed by atoms with van der Waals surface area (Å²) in [5.41, 5.74) is 1.09. The Hall–Kier alpha value is -1.22. The van der Waals surface area contributed by atoms with Crippen LogP contribution in [0.4, 0.5) is 5.69 Å². The summed E-state index contributed by atoms with van der Waals surface area (Å²) in [6, 6.07) is 5.60. The van der Waals surface area contributed by atoms with E-state index in [9.17, 15) is 9.90 Å². The molecule has 1 aromatic carbocycles. The second-order valence-electron chi connectivity index (χ2n) is 4.69. The molecule has 0 aromatic heterocycles. The minimum atomic E-state index is -0.913. The van der Waals surface area contributed by atoms with Crippen molar-refractivity contribution in [2.75, 3.05) is 11.4 Å². The molecule has 0 amide bonds. The van der Waals surface area contributed by atoms with Crippen molar-refractivity contribution in [3.63, 3.8) is 0 Å². The lowest BCUT2D eigenvalue weighted by Gasteiger charge is -2.31. The topological polar surface area (TPSA) is 40.5 Å². The second-order valence-corrected chi connectivity index (χ2v) is 5.13. The van der Waals surface area contributed by atoms with E-state index in [1.165, 1.54) is 18.9 Å². The van der Waals surface area contributed by atoms with Gasteiger partial charge in [0.1, 0.15) is 0 Å². The fourth-order valence-electron chi connectivity index (χ4n) is 2.77. The van der Waals surface area contributed by atoms with Crippen molar-refractivity contribution in [2.45, 2.75) is 38.6 Å². The lowest BCUT2D eigenvalue weighted by molar-refractivity contribution is 0.0697. The summed E-state index contributed by atoms with van der Waals surface area (Å²) in [5, 5.41) is 9.76. The van der Waals surface area contributed by atoms with Gasteiger partial charge < -0.3 is 10.0 Å². The van der Waals surface area contributed by atoms with Crippen LogP contribution in [0.15, 0.2) is 18.2 Å². The average Bonchev–Trinajstić information content (AvgIpc) is 2.85. The van der Waals surface area contributed by atoms with Crippen LogP contribution in [0.1, 0.15) is 43.0 Å². The number of carboxylic acids is 1. The van der Waals surface area contributed by atoms with E-state index in [0.29, 0.717) is 16.6 Å². The van der Waals surface area contributed by atoms with Gasteiger partial charge in [0.15, 0.2) is 0 Å². The van der Waals surface area contributed by atoms with Gasteiger partial charge in [0.05, 0.1) is 11.3 Å². The first-order valence-corrected chi connectivity index (χ1v) is 6.80. The third-order valence-corrected chi connectivity index (χ3v) is 3.84. The Morgan fingerprint density at radius 2 is 2.11 bits per heavy atom. The highest BCUT2D eigenvalue weighted by Gasteiger charge is 2.25. The Bertz CT molecular complexity index is 441. The fourth-order valence-corrected chi connectivity index (χ4v) is 2.94. The number of hydrogen-bond acceptors (Lipinski definition) is 2. The zero-order valence-electron chi connectivity index (χ0n) is 10.5. The predicted molar refractivity (Wildman–Crippen MR) is 73.7 cm³/mol. The highest BCUT2D eigenvalue weighted by atomic mass is 35.5. The van der Waals surface area contributed by atoms with Gasteiger partial charge in [-0.05, 0) is 38.0 Å². The first kappa shape index (κ1) is 13.2. The van der Waals surface area contributed by atoms with Crippen molar-refractivity contribution in [1.82, 2.24) is 0 Å². The van der Waals surface area contributed by atoms with Crippen LogP contribution in [-0.4, -0.2) is 23.7 Å². The molecule has 0 atom stereocenters. The van der Waals surface area contributed by atoms with Crippen LogP contribution in [0.3, 0.4) is 0 Å². The highest BCUT2D eigenvalue weighted by molar-refractivity contribution is 6.31. The van der Waals surface area contributed by atoms with E-state index < -0.39 is 5.97 Å². The van der Waals surface area contributed by atoms with E-state index in [-0.39, 0.29) is 0 Å². The predicted octanol–water partition coefficient (Wildman–Crippen LogP) is 3.81. The summed E-state index contributed by atoms with van der Waals surface area (Å²) >= 11 is 5.89. The third-order valence-electron chi connectivity index (χ3n) is 3.60. The van der Waals surface area contributed by atoms with Crippen LogP contribution in [-0.2, 0) is 0 Å². The molecule has 1 aromatic rings. The van der Waals surface area contributed by atoms with E-state index in [1.54, 1.807) is 6.07 Å². The molecule has 1 aliphatic carbocycles. The average molecular weight is 268 g/mol. The van der Waals surface area contributed by atoms with Gasteiger partial charge in [-0.15, -0.1) is 0 Å². The SMILES string of the molecule is CCN(c1ccc(Cl)cc1C(=O)O)C1CCCC1. The quantitative estimate of drug-likeness (QED) is 0.902. The number of rotatable bonds is 4. The minimum Gasteiger partial charge on any atom is -0.478 e. The summed E-state index contributed by atoms with van der Waals surface area (Å²) in [4.78, 5) is 13.5. The monoisotopic (exact) mass is 267 g/mol. The Morgan fingerprint density at radius 3 is 2.67 bits per heavy atom. The molecule has 1 saturated carbocycles. The van der Waals surface area contributed by atoms with Crippen LogP contribution < -0.4 is 4.90 Å². The maximum Gasteiger partial charge on any atom is 0.337 e. The number of anilines is 1. The molecule has 0 bridgehead atoms. The van der Waals surface area contributed by atoms with Crippen molar-refractivity contribution in [3.05, 3.63) is 28.8 Å². The van der Waals surface area contributed by atoms with Crippen LogP contribution >= 0.6 is 11.6 Å². The van der Waals surface area contributed by atoms with Gasteiger partial charge in [-0.1, -0.05) is 24.4 Å². The van der Waals surface area contributed by atoms with Crippen LogP contribution in [0.5, 0.6) is 0 Å². The molecule has 0 heterocycles. The van der Waals surface area contributed by atoms with Gasteiger partial charge in [0.25, 0.3) is 0 Å². The Kier molecular flexibility index (Phi) is 4.12. The lowest BCUT2D eigenvalue weighted by atomic mass is 10.1. The molecule has 4 heteroatoms. The van der Waals surface area contributed by atoms with Crippen molar-refractivity contribution in [2.24, 2.45) is 0 Å². The third kappa shape index (κ3) is 2.61. The first-order chi connectivity index (χ1) is 8.63. The summed E-state index contributed by atoms with van der Waals surface area (Å²) < 4.78 is 0. The summed E-state index contributed by atoms with van der Waals surface area (Å²) in [6.07, 6.45) is 4.76. The molecule has 1 N–H and O–H groups in total. The molecule has 0 unspecified atom stereocenters. The maximum absolute atomic E-state index is 11.3. The molecule has 0 saturated heterocycles. The van der Waals surface area contributed by atoms with Crippen molar-refractivity contribution in [1.29, 1.82) is 0 Å². The second kappa shape index (κ2) is 5.61. The van der Waals surface area contributed by atoms with Gasteiger partial charge in [0.2, 0.25) is 0 Å². The molecule has 0 radical (unpaired) electrons. The minimum absolute atomic E-state index is 0.302. The smallest absolute Gasteiger partial charge is 0.337 e. The van der Waals surface area contributed by atoms with Gasteiger partial charge in [-0.3, -0.25) is 0 Å². The van der Waals surface area contributed by atoms with Crippen molar-refractivity contribution >= 4 is 23.3 Å². The summed E-state index contributed by atoms with van der Waals surface area (Å²) in [7, 11) is 0. The molecule has 98 valence electrons. The molecule has 18 heavy (non-hydrogen) atoms. The summed E-state index contributed by atoms with van der Waals surface area (Å²) in [6.45, 7) is 2.89. The van der Waals surface area contributed by atoms with E-state index >= 15 is 0 Å². The normalized spacial score (nSPS) is 15.9. The molecule has 3 nitrogen and oxygen atoms in total. The molecule has 2 rings (SSSR count). The van der Waals surface area contributed by atoms with E-state index in [2.05, 4.69) is 11.8 Å². The van der Waals surface area contributed by atoms with Crippen LogP contribution in [0.25, 0.3) is 0 Å². The van der Waals surface area contributed by atoms with Gasteiger partial charge >= 0.3 is 5.97 Å². The van der Waals surface area contributed by atoms with E-state index in [0.717, 1.165) is 25.1 Å². The Morgan fingerprint density at radius 1 is 1.44 bits per heavy atom. The van der Waals surface area contributed by atoms with Crippen LogP contribution in [0, 0.1) is 0 Å². The van der Waals surface area contributed by atoms with Crippen molar-refractivity contribution < 1.29 is 9.90 Å². The van der Waals surface area contributed by atoms with Gasteiger partial charge in [-0.25, -0.2) is 4.79 Å². The molecule has 1 fully saturated rings. The molecule has 0 aliphatic heterocycles. The molecular formula is C14H18ClNO2. The number of carbonyl (C=O) groups is 1. The number of carboxylic acid groups (broad SMARTS) is 1. The molecular weight excluding hydrogens is 250 g/mol. The fraction of sp³-hybridized carbons (Fsp3) is 0.500. The zero-order valence-corrected chi connectivity index (χ0v) is 11.3. The molecule has 0 spiro atoms. The Labute approximate surface area is 112 Å². The van der Waals surface area contributed by atoms with E-state index in [4.69, 9.17) is 11.6 Å². The van der Waals surface area contributed by atoms with E-state index in [1.807, 2.05) is 6.07 Å². The first-order valence-electron chi connectivity index (χ1n) is 6.43.